The zero-order valence-corrected chi connectivity index (χ0v) is 14.8. The van der Waals surface area contributed by atoms with Crippen molar-refractivity contribution in [1.29, 1.82) is 0 Å². The van der Waals surface area contributed by atoms with E-state index in [-0.39, 0.29) is 11.5 Å². The predicted molar refractivity (Wildman–Crippen MR) is 104 cm³/mol. The maximum absolute atomic E-state index is 12.2. The van der Waals surface area contributed by atoms with Gasteiger partial charge in [0.1, 0.15) is 12.0 Å². The molecule has 0 aliphatic rings. The molecule has 0 aliphatic carbocycles. The van der Waals surface area contributed by atoms with E-state index in [0.29, 0.717) is 21.4 Å². The first-order valence-electron chi connectivity index (χ1n) is 7.48. The maximum Gasteiger partial charge on any atom is 0.271 e. The number of hydrogen-bond acceptors (Lipinski definition) is 6. The number of nitrogens with two attached hydrogens (primary N) is 1. The van der Waals surface area contributed by atoms with E-state index in [9.17, 15) is 4.79 Å². The highest BCUT2D eigenvalue weighted by Crippen LogP contribution is 2.26. The zero-order chi connectivity index (χ0) is 18.5. The van der Waals surface area contributed by atoms with Crippen molar-refractivity contribution in [2.75, 3.05) is 16.5 Å². The average molecular weight is 389 g/mol. The van der Waals surface area contributed by atoms with Gasteiger partial charge in [0.05, 0.1) is 10.6 Å². The number of carbonyl (C=O) groups is 1. The van der Waals surface area contributed by atoms with E-state index in [1.165, 1.54) is 6.33 Å². The zero-order valence-electron chi connectivity index (χ0n) is 13.3. The number of nitrogens with one attached hydrogen (secondary N) is 3. The Balaban J connectivity index is 1.72. The summed E-state index contributed by atoms with van der Waals surface area (Å²) in [6.45, 7) is 0. The Morgan fingerprint density at radius 2 is 1.65 bits per heavy atom. The van der Waals surface area contributed by atoms with E-state index in [0.717, 1.165) is 5.69 Å². The average Bonchev–Trinajstić information content (AvgIpc) is 2.64. The molecule has 1 heterocycles. The summed E-state index contributed by atoms with van der Waals surface area (Å²) in [6, 6.07) is 13.7. The first-order chi connectivity index (χ1) is 12.5. The topological polar surface area (TPSA) is 105 Å². The molecule has 9 heteroatoms. The molecular formula is C17H14Cl2N6O. The fraction of sp³-hybridized carbons (Fsp3) is 0. The molecule has 0 spiro atoms. The van der Waals surface area contributed by atoms with Gasteiger partial charge in [-0.3, -0.25) is 15.6 Å². The fourth-order valence-corrected chi connectivity index (χ4v) is 2.44. The van der Waals surface area contributed by atoms with Gasteiger partial charge < -0.3 is 11.1 Å². The van der Waals surface area contributed by atoms with Gasteiger partial charge in [0.2, 0.25) is 0 Å². The van der Waals surface area contributed by atoms with Crippen LogP contribution in [0.1, 0.15) is 10.4 Å². The van der Waals surface area contributed by atoms with Crippen LogP contribution < -0.4 is 21.9 Å². The summed E-state index contributed by atoms with van der Waals surface area (Å²) in [5.74, 6) is 0.217. The molecule has 2 aromatic carbocycles. The van der Waals surface area contributed by atoms with Gasteiger partial charge in [-0.25, -0.2) is 9.97 Å². The van der Waals surface area contributed by atoms with Crippen LogP contribution in [0.25, 0.3) is 0 Å². The van der Waals surface area contributed by atoms with Crippen LogP contribution in [0, 0.1) is 0 Å². The van der Waals surface area contributed by atoms with Crippen molar-refractivity contribution in [3.63, 3.8) is 0 Å². The normalized spacial score (nSPS) is 10.2. The number of aromatic nitrogens is 2. The van der Waals surface area contributed by atoms with Gasteiger partial charge in [-0.05, 0) is 36.4 Å². The summed E-state index contributed by atoms with van der Waals surface area (Å²) in [5.41, 5.74) is 12.6. The van der Waals surface area contributed by atoms with Gasteiger partial charge in [-0.15, -0.1) is 0 Å². The molecule has 0 saturated heterocycles. The molecule has 0 radical (unpaired) electrons. The lowest BCUT2D eigenvalue weighted by Gasteiger charge is -2.13. The SMILES string of the molecule is Nc1c(NNC(=O)c2ccccc2Cl)ncnc1Nc1ccc(Cl)cc1. The van der Waals surface area contributed by atoms with Crippen LogP contribution in [0.4, 0.5) is 23.0 Å². The van der Waals surface area contributed by atoms with Crippen molar-refractivity contribution in [2.45, 2.75) is 0 Å². The highest BCUT2D eigenvalue weighted by atomic mass is 35.5. The third-order valence-electron chi connectivity index (χ3n) is 3.40. The Labute approximate surface area is 159 Å². The number of rotatable bonds is 5. The number of benzene rings is 2. The molecule has 26 heavy (non-hydrogen) atoms. The van der Waals surface area contributed by atoms with Gasteiger partial charge in [-0.2, -0.15) is 0 Å². The molecule has 5 N–H and O–H groups in total. The monoisotopic (exact) mass is 388 g/mol. The largest absolute Gasteiger partial charge is 0.393 e. The Morgan fingerprint density at radius 3 is 2.38 bits per heavy atom. The second kappa shape index (κ2) is 7.90. The van der Waals surface area contributed by atoms with E-state index >= 15 is 0 Å². The molecule has 132 valence electrons. The van der Waals surface area contributed by atoms with Crippen molar-refractivity contribution in [1.82, 2.24) is 15.4 Å². The molecule has 1 amide bonds. The number of anilines is 4. The van der Waals surface area contributed by atoms with Gasteiger partial charge in [-0.1, -0.05) is 35.3 Å². The van der Waals surface area contributed by atoms with Crippen LogP contribution in [0.2, 0.25) is 10.0 Å². The fourth-order valence-electron chi connectivity index (χ4n) is 2.09. The first-order valence-corrected chi connectivity index (χ1v) is 8.24. The smallest absolute Gasteiger partial charge is 0.271 e. The molecule has 0 aliphatic heterocycles. The number of nitrogen functional groups attached to an aromatic ring is 1. The molecule has 3 aromatic rings. The van der Waals surface area contributed by atoms with Crippen molar-refractivity contribution < 1.29 is 4.79 Å². The van der Waals surface area contributed by atoms with Crippen LogP contribution in [-0.2, 0) is 0 Å². The van der Waals surface area contributed by atoms with Gasteiger partial charge in [0, 0.05) is 10.7 Å². The summed E-state index contributed by atoms with van der Waals surface area (Å²) in [6.07, 6.45) is 1.32. The number of hydrogen-bond donors (Lipinski definition) is 4. The second-order valence-corrected chi connectivity index (χ2v) is 6.02. The first kappa shape index (κ1) is 17.8. The van der Waals surface area contributed by atoms with Crippen LogP contribution >= 0.6 is 23.2 Å². The Bertz CT molecular complexity index is 933. The molecule has 0 saturated carbocycles. The minimum absolute atomic E-state index is 0.238. The van der Waals surface area contributed by atoms with Crippen molar-refractivity contribution in [2.24, 2.45) is 0 Å². The van der Waals surface area contributed by atoms with Crippen LogP contribution in [0.3, 0.4) is 0 Å². The maximum atomic E-state index is 12.2. The van der Waals surface area contributed by atoms with E-state index in [4.69, 9.17) is 28.9 Å². The molecule has 3 rings (SSSR count). The Kier molecular flexibility index (Phi) is 5.40. The Morgan fingerprint density at radius 1 is 0.962 bits per heavy atom. The molecule has 0 atom stereocenters. The van der Waals surface area contributed by atoms with Gasteiger partial charge in [0.25, 0.3) is 5.91 Å². The third kappa shape index (κ3) is 4.14. The predicted octanol–water partition coefficient (Wildman–Crippen LogP) is 3.87. The van der Waals surface area contributed by atoms with Crippen LogP contribution in [0.5, 0.6) is 0 Å². The standard InChI is InChI=1S/C17H14Cl2N6O/c18-10-5-7-11(8-6-10)23-15-14(20)16(22-9-21-15)24-25-17(26)12-3-1-2-4-13(12)19/h1-9H,20H2,(H,25,26)(H2,21,22,23,24). The van der Waals surface area contributed by atoms with E-state index in [2.05, 4.69) is 26.1 Å². The summed E-state index contributed by atoms with van der Waals surface area (Å²) in [5, 5.41) is 4.02. The molecule has 0 fully saturated rings. The molecule has 1 aromatic heterocycles. The number of halogens is 2. The quantitative estimate of drug-likeness (QED) is 0.494. The molecule has 0 bridgehead atoms. The minimum atomic E-state index is -0.416. The van der Waals surface area contributed by atoms with E-state index < -0.39 is 5.91 Å². The van der Waals surface area contributed by atoms with Crippen molar-refractivity contribution in [3.8, 4) is 0 Å². The van der Waals surface area contributed by atoms with Crippen LogP contribution in [-0.4, -0.2) is 15.9 Å². The lowest BCUT2D eigenvalue weighted by Crippen LogP contribution is -2.30. The van der Waals surface area contributed by atoms with E-state index in [1.54, 1.807) is 48.5 Å². The highest BCUT2D eigenvalue weighted by Gasteiger charge is 2.12. The number of hydrazine groups is 1. The highest BCUT2D eigenvalue weighted by molar-refractivity contribution is 6.33. The van der Waals surface area contributed by atoms with Gasteiger partial charge in [0.15, 0.2) is 11.6 Å². The van der Waals surface area contributed by atoms with Crippen LogP contribution in [0.15, 0.2) is 54.9 Å². The summed E-state index contributed by atoms with van der Waals surface area (Å²) < 4.78 is 0. The molecule has 7 nitrogen and oxygen atoms in total. The summed E-state index contributed by atoms with van der Waals surface area (Å²) in [4.78, 5) is 20.3. The molecule has 0 unspecified atom stereocenters. The molecular weight excluding hydrogens is 375 g/mol. The van der Waals surface area contributed by atoms with Crippen molar-refractivity contribution in [3.05, 3.63) is 70.5 Å². The third-order valence-corrected chi connectivity index (χ3v) is 3.99. The minimum Gasteiger partial charge on any atom is -0.393 e. The van der Waals surface area contributed by atoms with E-state index in [1.807, 2.05) is 0 Å². The number of carbonyl (C=O) groups excluding carboxylic acids is 1. The number of amides is 1. The van der Waals surface area contributed by atoms with Crippen molar-refractivity contribution >= 4 is 52.1 Å². The number of nitrogens with zero attached hydrogens (tertiary/aromatic N) is 2. The Hall–Kier alpha value is -3.03. The van der Waals surface area contributed by atoms with Gasteiger partial charge >= 0.3 is 0 Å². The summed E-state index contributed by atoms with van der Waals surface area (Å²) >= 11 is 11.9. The lowest BCUT2D eigenvalue weighted by atomic mass is 10.2. The lowest BCUT2D eigenvalue weighted by molar-refractivity contribution is 0.0962. The second-order valence-electron chi connectivity index (χ2n) is 5.18. The summed E-state index contributed by atoms with van der Waals surface area (Å²) in [7, 11) is 0.